The van der Waals surface area contributed by atoms with Crippen LogP contribution in [-0.2, 0) is 31.0 Å². The number of carbonyl (C=O) groups excluding carboxylic acids is 2. The van der Waals surface area contributed by atoms with E-state index >= 15 is 0 Å². The highest BCUT2D eigenvalue weighted by Crippen LogP contribution is 2.54. The average Bonchev–Trinajstić information content (AvgIpc) is 1.55. The number of hydrogen-bond donors (Lipinski definition) is 0. The Kier molecular flexibility index (Phi) is 20.0. The van der Waals surface area contributed by atoms with Crippen LogP contribution in [0.15, 0.2) is 406 Å². The lowest BCUT2D eigenvalue weighted by molar-refractivity contribution is -0.141. The third-order valence-corrected chi connectivity index (χ3v) is 27.7. The summed E-state index contributed by atoms with van der Waals surface area (Å²) in [6.45, 7) is 10.1. The van der Waals surface area contributed by atoms with Crippen molar-refractivity contribution in [3.8, 4) is 62.1 Å². The van der Waals surface area contributed by atoms with E-state index in [1.807, 2.05) is 24.3 Å². The number of hydrogen-bond acceptors (Lipinski definition) is 5. The molecule has 0 spiro atoms. The highest BCUT2D eigenvalue weighted by molar-refractivity contribution is 6.16. The smallest absolute Gasteiger partial charge is 0.308 e. The van der Waals surface area contributed by atoms with Crippen LogP contribution >= 0.6 is 0 Å². The van der Waals surface area contributed by atoms with Crippen LogP contribution in [0.4, 0.5) is 0 Å². The zero-order valence-corrected chi connectivity index (χ0v) is 74.8. The molecule has 7 aromatic heterocycles. The Morgan fingerprint density at radius 3 is 0.843 bits per heavy atom. The van der Waals surface area contributed by atoms with Crippen molar-refractivity contribution in [2.75, 3.05) is 19.8 Å². The Morgan fingerprint density at radius 2 is 0.530 bits per heavy atom. The second kappa shape index (κ2) is 33.1. The van der Waals surface area contributed by atoms with E-state index in [-0.39, 0.29) is 17.4 Å². The Hall–Kier alpha value is -16.5. The van der Waals surface area contributed by atoms with Crippen LogP contribution in [0.2, 0.25) is 0 Å². The van der Waals surface area contributed by atoms with Gasteiger partial charge >= 0.3 is 11.9 Å². The van der Waals surface area contributed by atoms with Crippen molar-refractivity contribution in [1.82, 2.24) is 32.0 Å². The molecule has 0 N–H and O–H groups in total. The summed E-state index contributed by atoms with van der Waals surface area (Å²) in [5, 5.41) is 17.2. The van der Waals surface area contributed by atoms with Gasteiger partial charge in [-0.15, -0.1) is 0 Å². The third kappa shape index (κ3) is 13.4. The molecule has 1 aliphatic rings. The van der Waals surface area contributed by atoms with Gasteiger partial charge in [0.2, 0.25) is 0 Å². The molecule has 134 heavy (non-hydrogen) atoms. The van der Waals surface area contributed by atoms with Crippen molar-refractivity contribution in [1.29, 1.82) is 0 Å². The van der Waals surface area contributed by atoms with Gasteiger partial charge in [-0.05, 0) is 229 Å². The van der Waals surface area contributed by atoms with Crippen molar-refractivity contribution >= 4 is 165 Å². The van der Waals surface area contributed by atoms with Crippen LogP contribution < -0.4 is 4.74 Å². The van der Waals surface area contributed by atoms with Crippen molar-refractivity contribution in [3.63, 3.8) is 0 Å². The van der Waals surface area contributed by atoms with Gasteiger partial charge in [0.25, 0.3) is 0 Å². The van der Waals surface area contributed by atoms with Crippen LogP contribution in [0.25, 0.3) is 209 Å². The molecule has 25 aromatic rings. The summed E-state index contributed by atoms with van der Waals surface area (Å²) in [4.78, 5) is 23.0. The quantitative estimate of drug-likeness (QED) is 0.0514. The molecule has 18 aromatic carbocycles. The lowest BCUT2D eigenvalue weighted by atomic mass is 9.76. The fraction of sp³-hybridized carbons (Fsp3) is 0.0984. The maximum atomic E-state index is 11.5. The standard InChI is InChI=1S/C43H36N2O.C41H31N3O2.C38H26N2O2/c1-3-46-26-12-25-43(2)37-27-29(44-39-17-8-4-13-33(39)34-14-5-9-18-40(34)44)21-23-31(37)32-24-22-30(28-38(32)43)45-41-19-10-6-15-35(41)36-16-7-11-20-42(36)45;1-27(45)46-24-10-23-42-36-21-19-28(43-38-15-6-2-11-30(38)31-12-3-7-16-39(31)43)25-34(36)35-26-29(20-22-37(35)42)44-40-17-8-4-13-32(40)33-14-5-9-18-41(33)44;1-25(41)42-30-22-23-38-34(24-30)33-10-4-7-13-37(33)40(38)29-20-16-27(17-21-29)26-14-18-28(19-15-26)39-35-11-5-2-8-31(35)32-9-3-6-12-36(32)39/h4-11,13-24,27-28H,3,12,25-26H2,1-2H3;2-9,11-22,25-26H,10,23-24H2,1H3;2-24H,1H3. The third-order valence-electron chi connectivity index (χ3n) is 27.7. The predicted molar refractivity (Wildman–Crippen MR) is 554 cm³/mol. The summed E-state index contributed by atoms with van der Waals surface area (Å²) >= 11 is 0. The second-order valence-corrected chi connectivity index (χ2v) is 35.4. The van der Waals surface area contributed by atoms with Gasteiger partial charge in [-0.25, -0.2) is 0 Å². The number of carbonyl (C=O) groups is 2. The van der Waals surface area contributed by atoms with E-state index in [9.17, 15) is 9.59 Å². The summed E-state index contributed by atoms with van der Waals surface area (Å²) in [6, 6.07) is 146. The fourth-order valence-corrected chi connectivity index (χ4v) is 21.9. The monoisotopic (exact) mass is 1740 g/mol. The molecule has 12 heteroatoms. The number of rotatable bonds is 17. The van der Waals surface area contributed by atoms with E-state index in [0.29, 0.717) is 12.4 Å². The zero-order chi connectivity index (χ0) is 89.8. The summed E-state index contributed by atoms with van der Waals surface area (Å²) in [5.74, 6) is -0.0109. The van der Waals surface area contributed by atoms with Crippen molar-refractivity contribution in [3.05, 3.63) is 418 Å². The average molecular weight is 1740 g/mol. The first-order valence-corrected chi connectivity index (χ1v) is 46.4. The molecule has 646 valence electrons. The van der Waals surface area contributed by atoms with E-state index in [0.717, 1.165) is 89.1 Å². The molecule has 0 saturated carbocycles. The number of aromatic nitrogens is 7. The first-order chi connectivity index (χ1) is 66.0. The fourth-order valence-electron chi connectivity index (χ4n) is 21.9. The van der Waals surface area contributed by atoms with Gasteiger partial charge in [0.15, 0.2) is 0 Å². The molecule has 26 rings (SSSR count). The molecule has 0 radical (unpaired) electrons. The predicted octanol–water partition coefficient (Wildman–Crippen LogP) is 30.4. The number of nitrogens with zero attached hydrogens (tertiary/aromatic N) is 7. The lowest BCUT2D eigenvalue weighted by Gasteiger charge is -2.28. The number of benzene rings is 18. The first-order valence-electron chi connectivity index (χ1n) is 46.4. The molecule has 0 saturated heterocycles. The Morgan fingerprint density at radius 1 is 0.261 bits per heavy atom. The second-order valence-electron chi connectivity index (χ2n) is 35.4. The molecular formula is C122H93N7O5. The number of esters is 2. The van der Waals surface area contributed by atoms with Gasteiger partial charge in [-0.2, -0.15) is 0 Å². The minimum Gasteiger partial charge on any atom is -0.466 e. The normalized spacial score (nSPS) is 12.4. The van der Waals surface area contributed by atoms with Gasteiger partial charge in [0.05, 0.1) is 72.8 Å². The Balaban J connectivity index is 0.000000111. The molecule has 0 bridgehead atoms. The highest BCUT2D eigenvalue weighted by atomic mass is 16.5. The molecule has 12 nitrogen and oxygen atoms in total. The molecule has 1 aliphatic carbocycles. The lowest BCUT2D eigenvalue weighted by Crippen LogP contribution is -2.22. The Bertz CT molecular complexity index is 8420. The van der Waals surface area contributed by atoms with Gasteiger partial charge in [-0.3, -0.25) is 9.59 Å². The molecule has 0 amide bonds. The van der Waals surface area contributed by atoms with E-state index in [1.54, 1.807) is 0 Å². The molecule has 0 unspecified atom stereocenters. The molecular weight excluding hydrogens is 1640 g/mol. The van der Waals surface area contributed by atoms with Crippen LogP contribution in [0, 0.1) is 0 Å². The number of fused-ring (bicyclic) bond motifs is 24. The maximum absolute atomic E-state index is 11.5. The molecule has 0 fully saturated rings. The van der Waals surface area contributed by atoms with Crippen molar-refractivity contribution < 1.29 is 23.8 Å². The van der Waals surface area contributed by atoms with Gasteiger partial charge < -0.3 is 46.2 Å². The highest BCUT2D eigenvalue weighted by Gasteiger charge is 2.40. The number of aryl methyl sites for hydroxylation is 1. The Labute approximate surface area is 773 Å². The van der Waals surface area contributed by atoms with Gasteiger partial charge in [-0.1, -0.05) is 244 Å². The van der Waals surface area contributed by atoms with Crippen LogP contribution in [0.1, 0.15) is 58.1 Å². The molecule has 0 aliphatic heterocycles. The van der Waals surface area contributed by atoms with E-state index in [2.05, 4.69) is 428 Å². The van der Waals surface area contributed by atoms with Crippen molar-refractivity contribution in [2.24, 2.45) is 0 Å². The minimum absolute atomic E-state index is 0.161. The van der Waals surface area contributed by atoms with Crippen LogP contribution in [0.3, 0.4) is 0 Å². The molecule has 7 heterocycles. The maximum Gasteiger partial charge on any atom is 0.308 e. The largest absolute Gasteiger partial charge is 0.466 e. The van der Waals surface area contributed by atoms with Crippen LogP contribution in [0.5, 0.6) is 5.75 Å². The topological polar surface area (TPSA) is 96.3 Å². The van der Waals surface area contributed by atoms with Crippen molar-refractivity contribution in [2.45, 2.75) is 58.9 Å². The van der Waals surface area contributed by atoms with Gasteiger partial charge in [0, 0.05) is 160 Å². The zero-order valence-electron chi connectivity index (χ0n) is 74.8. The summed E-state index contributed by atoms with van der Waals surface area (Å²) in [7, 11) is 0. The number of para-hydroxylation sites is 11. The van der Waals surface area contributed by atoms with Crippen LogP contribution in [-0.4, -0.2) is 63.7 Å². The summed E-state index contributed by atoms with van der Waals surface area (Å²) < 4.78 is 33.2. The summed E-state index contributed by atoms with van der Waals surface area (Å²) in [6.07, 6.45) is 2.75. The van der Waals surface area contributed by atoms with E-state index in [4.69, 9.17) is 14.2 Å². The van der Waals surface area contributed by atoms with Gasteiger partial charge in [0.1, 0.15) is 5.75 Å². The summed E-state index contributed by atoms with van der Waals surface area (Å²) in [5.41, 5.74) is 31.2. The molecule has 0 atom stereocenters. The van der Waals surface area contributed by atoms with E-state index in [1.165, 1.54) is 184 Å². The SMILES string of the molecule is CC(=O)OCCCn1c2ccc(-n3c4ccccc4c4ccccc43)cc2c2cc(-n3c4ccccc4c4ccccc43)ccc21.CC(=O)Oc1ccc2c(c1)c1ccccc1n2-c1ccc(-c2ccc(-n3c4ccccc4c4ccccc43)cc2)cc1.CCOCCCC1(C)c2cc(-n3c4ccccc4c4ccccc43)ccc2-c2ccc(-n3c4ccccc4c4ccccc43)cc21. The first kappa shape index (κ1) is 80.7. The number of ether oxygens (including phenoxy) is 3. The minimum atomic E-state index is -0.322. The van der Waals surface area contributed by atoms with E-state index < -0.39 is 0 Å².